The number of H-pyrrole nitrogens is 1. The lowest BCUT2D eigenvalue weighted by atomic mass is 10.1. The minimum Gasteiger partial charge on any atom is -0.480 e. The summed E-state index contributed by atoms with van der Waals surface area (Å²) in [5, 5.41) is 17.4. The summed E-state index contributed by atoms with van der Waals surface area (Å²) in [5.74, 6) is -2.81. The lowest BCUT2D eigenvalue weighted by Crippen LogP contribution is -2.57. The second kappa shape index (κ2) is 19.1. The third-order valence-electron chi connectivity index (χ3n) is 5.72. The van der Waals surface area contributed by atoms with Crippen molar-refractivity contribution in [3.63, 3.8) is 0 Å². The molecule has 3 amide bonds. The van der Waals surface area contributed by atoms with Crippen LogP contribution in [0.1, 0.15) is 37.8 Å². The number of hydrogen-bond acceptors (Lipinski definition) is 9. The van der Waals surface area contributed by atoms with Gasteiger partial charge in [-0.25, -0.2) is 9.78 Å². The molecule has 1 rings (SSSR count). The van der Waals surface area contributed by atoms with Gasteiger partial charge in [0, 0.05) is 31.4 Å². The van der Waals surface area contributed by atoms with Crippen molar-refractivity contribution >= 4 is 47.4 Å². The van der Waals surface area contributed by atoms with Crippen molar-refractivity contribution < 1.29 is 24.3 Å². The Morgan fingerprint density at radius 2 is 1.41 bits per heavy atom. The molecule has 4 unspecified atom stereocenters. The van der Waals surface area contributed by atoms with Crippen LogP contribution in [0.25, 0.3) is 0 Å². The molecule has 0 aromatic carbocycles. The number of nitrogens with one attached hydrogen (secondary N) is 4. The molecule has 1 aromatic heterocycles. The van der Waals surface area contributed by atoms with E-state index >= 15 is 0 Å². The summed E-state index contributed by atoms with van der Waals surface area (Å²) in [6.07, 6.45) is 5.89. The molecule has 0 fully saturated rings. The zero-order valence-electron chi connectivity index (χ0n) is 23.0. The Hall–Kier alpha value is -4.06. The highest BCUT2D eigenvalue weighted by molar-refractivity contribution is 7.98. The predicted molar refractivity (Wildman–Crippen MR) is 157 cm³/mol. The van der Waals surface area contributed by atoms with Crippen molar-refractivity contribution in [2.24, 2.45) is 38.7 Å². The number of aliphatic imine (C=N–C) groups is 2. The first-order valence-electron chi connectivity index (χ1n) is 12.9. The van der Waals surface area contributed by atoms with Crippen molar-refractivity contribution in [1.29, 1.82) is 0 Å². The number of nitrogens with two attached hydrogens (primary N) is 5. The molecule has 230 valence electrons. The Labute approximate surface area is 242 Å². The van der Waals surface area contributed by atoms with E-state index in [-0.39, 0.29) is 50.7 Å². The summed E-state index contributed by atoms with van der Waals surface area (Å²) in [7, 11) is 0. The number of nitrogens with zero attached hydrogens (tertiary/aromatic N) is 3. The standard InChI is InChI=1S/C23H42N12O5S/c1-41-9-6-14(24)18(36)33-15(4-2-7-30-22(25)26)19(37)34-16(5-3-8-31-23(27)28)20(38)35-17(21(39)40)10-13-11-29-12-32-13/h11-12,14-17H,2-10,24H2,1H3,(H,29,32)(H,33,36)(H,34,37)(H,35,38)(H,39,40)(H4,25,26,30)(H4,27,28,31). The van der Waals surface area contributed by atoms with Gasteiger partial charge in [0.15, 0.2) is 11.9 Å². The van der Waals surface area contributed by atoms with E-state index in [1.165, 1.54) is 24.3 Å². The molecule has 0 aliphatic heterocycles. The van der Waals surface area contributed by atoms with Gasteiger partial charge in [0.2, 0.25) is 17.7 Å². The number of rotatable bonds is 20. The highest BCUT2D eigenvalue weighted by Crippen LogP contribution is 2.07. The Morgan fingerprint density at radius 3 is 1.85 bits per heavy atom. The van der Waals surface area contributed by atoms with E-state index in [0.717, 1.165) is 0 Å². The van der Waals surface area contributed by atoms with E-state index in [1.54, 1.807) is 0 Å². The van der Waals surface area contributed by atoms with Crippen LogP contribution in [0.2, 0.25) is 0 Å². The van der Waals surface area contributed by atoms with E-state index in [1.807, 2.05) is 6.26 Å². The molecular formula is C23H42N12O5S. The van der Waals surface area contributed by atoms with E-state index in [2.05, 4.69) is 35.9 Å². The Kier molecular flexibility index (Phi) is 16.3. The van der Waals surface area contributed by atoms with E-state index in [9.17, 15) is 24.3 Å². The van der Waals surface area contributed by atoms with Gasteiger partial charge in [0.25, 0.3) is 0 Å². The number of hydrogen-bond donors (Lipinski definition) is 10. The van der Waals surface area contributed by atoms with Crippen LogP contribution in [0.5, 0.6) is 0 Å². The molecule has 0 bridgehead atoms. The van der Waals surface area contributed by atoms with E-state index < -0.39 is 47.9 Å². The zero-order chi connectivity index (χ0) is 30.8. The number of thioether (sulfide) groups is 1. The van der Waals surface area contributed by atoms with Gasteiger partial charge < -0.3 is 54.7 Å². The predicted octanol–water partition coefficient (Wildman–Crippen LogP) is -3.32. The van der Waals surface area contributed by atoms with E-state index in [0.29, 0.717) is 24.3 Å². The van der Waals surface area contributed by atoms with Gasteiger partial charge in [0.1, 0.15) is 18.1 Å². The smallest absolute Gasteiger partial charge is 0.326 e. The first-order chi connectivity index (χ1) is 19.4. The van der Waals surface area contributed by atoms with Gasteiger partial charge in [-0.05, 0) is 44.1 Å². The van der Waals surface area contributed by atoms with Crippen LogP contribution in [0.15, 0.2) is 22.5 Å². The second-order valence-electron chi connectivity index (χ2n) is 9.09. The molecular weight excluding hydrogens is 556 g/mol. The SMILES string of the molecule is CSCCC(N)C(=O)NC(CCCN=C(N)N)C(=O)NC(CCCN=C(N)N)C(=O)NC(Cc1cnc[nH]1)C(=O)O. The molecule has 0 saturated heterocycles. The average molecular weight is 599 g/mol. The third-order valence-corrected chi connectivity index (χ3v) is 6.36. The molecule has 41 heavy (non-hydrogen) atoms. The minimum absolute atomic E-state index is 0.0624. The first kappa shape index (κ1) is 35.0. The number of carboxylic acids is 1. The van der Waals surface area contributed by atoms with Crippen molar-refractivity contribution in [3.05, 3.63) is 18.2 Å². The molecule has 0 saturated carbocycles. The summed E-state index contributed by atoms with van der Waals surface area (Å²) in [5.41, 5.74) is 27.9. The van der Waals surface area contributed by atoms with Crippen LogP contribution >= 0.6 is 11.8 Å². The number of imidazole rings is 1. The van der Waals surface area contributed by atoms with Gasteiger partial charge in [-0.1, -0.05) is 0 Å². The van der Waals surface area contributed by atoms with Crippen LogP contribution in [-0.4, -0.2) is 99.9 Å². The molecule has 0 aliphatic rings. The Morgan fingerprint density at radius 1 is 0.902 bits per heavy atom. The van der Waals surface area contributed by atoms with E-state index in [4.69, 9.17) is 28.7 Å². The monoisotopic (exact) mass is 598 g/mol. The maximum Gasteiger partial charge on any atom is 0.326 e. The average Bonchev–Trinajstić information content (AvgIpc) is 3.42. The number of aliphatic carboxylic acids is 1. The number of carboxylic acid groups (broad SMARTS) is 1. The van der Waals surface area contributed by atoms with Gasteiger partial charge in [-0.2, -0.15) is 11.8 Å². The summed E-state index contributed by atoms with van der Waals surface area (Å²) in [6, 6.07) is -4.37. The maximum atomic E-state index is 13.3. The number of carbonyl (C=O) groups is 4. The molecule has 1 heterocycles. The lowest BCUT2D eigenvalue weighted by molar-refractivity contribution is -0.142. The summed E-state index contributed by atoms with van der Waals surface area (Å²) in [4.78, 5) is 65.5. The normalized spacial score (nSPS) is 13.6. The van der Waals surface area contributed by atoms with Crippen molar-refractivity contribution in [3.8, 4) is 0 Å². The van der Waals surface area contributed by atoms with Crippen LogP contribution < -0.4 is 44.6 Å². The quantitative estimate of drug-likeness (QED) is 0.0400. The number of guanidine groups is 2. The van der Waals surface area contributed by atoms with Crippen molar-refractivity contribution in [2.75, 3.05) is 25.1 Å². The molecule has 18 heteroatoms. The summed E-state index contributed by atoms with van der Waals surface area (Å²) < 4.78 is 0. The maximum absolute atomic E-state index is 13.3. The highest BCUT2D eigenvalue weighted by atomic mass is 32.2. The Balaban J connectivity index is 3.07. The first-order valence-corrected chi connectivity index (χ1v) is 14.3. The van der Waals surface area contributed by atoms with Gasteiger partial charge in [-0.3, -0.25) is 24.4 Å². The van der Waals surface area contributed by atoms with Gasteiger partial charge in [0.05, 0.1) is 12.4 Å². The fourth-order valence-corrected chi connectivity index (χ4v) is 4.05. The number of aromatic nitrogens is 2. The number of aromatic amines is 1. The van der Waals surface area contributed by atoms with Gasteiger partial charge in [-0.15, -0.1) is 0 Å². The molecule has 0 aliphatic carbocycles. The topological polar surface area (TPSA) is 308 Å². The molecule has 0 spiro atoms. The fraction of sp³-hybridized carbons (Fsp3) is 0.609. The van der Waals surface area contributed by atoms with Crippen LogP contribution in [-0.2, 0) is 25.6 Å². The lowest BCUT2D eigenvalue weighted by Gasteiger charge is -2.25. The van der Waals surface area contributed by atoms with Crippen LogP contribution in [0.3, 0.4) is 0 Å². The largest absolute Gasteiger partial charge is 0.480 e. The fourth-order valence-electron chi connectivity index (χ4n) is 3.56. The molecule has 15 N–H and O–H groups in total. The second-order valence-corrected chi connectivity index (χ2v) is 10.1. The molecule has 0 radical (unpaired) electrons. The zero-order valence-corrected chi connectivity index (χ0v) is 23.9. The van der Waals surface area contributed by atoms with Gasteiger partial charge >= 0.3 is 5.97 Å². The summed E-state index contributed by atoms with van der Waals surface area (Å²) in [6.45, 7) is 0.373. The van der Waals surface area contributed by atoms with Crippen LogP contribution in [0, 0.1) is 0 Å². The van der Waals surface area contributed by atoms with Crippen molar-refractivity contribution in [2.45, 2.75) is 62.7 Å². The Bertz CT molecular complexity index is 1030. The number of amides is 3. The van der Waals surface area contributed by atoms with Crippen LogP contribution in [0.4, 0.5) is 0 Å². The highest BCUT2D eigenvalue weighted by Gasteiger charge is 2.30. The number of carbonyl (C=O) groups excluding carboxylic acids is 3. The van der Waals surface area contributed by atoms with Crippen molar-refractivity contribution in [1.82, 2.24) is 25.9 Å². The third kappa shape index (κ3) is 14.8. The molecule has 1 aromatic rings. The minimum atomic E-state index is -1.30. The summed E-state index contributed by atoms with van der Waals surface area (Å²) >= 11 is 1.53. The molecule has 4 atom stereocenters. The molecule has 17 nitrogen and oxygen atoms in total.